The van der Waals surface area contributed by atoms with Gasteiger partial charge in [0, 0.05) is 34.1 Å². The number of hydrogen-bond donors (Lipinski definition) is 0. The number of hydrogen-bond acceptors (Lipinski definition) is 2. The molecule has 2 nitrogen and oxygen atoms in total. The van der Waals surface area contributed by atoms with E-state index in [9.17, 15) is 0 Å². The number of benzene rings is 6. The maximum Gasteiger partial charge on any atom is 0.0462 e. The van der Waals surface area contributed by atoms with Crippen molar-refractivity contribution in [1.82, 2.24) is 0 Å². The molecule has 0 N–H and O–H groups in total. The molecule has 6 rings (SSSR count). The van der Waals surface area contributed by atoms with Crippen LogP contribution in [0.1, 0.15) is 78.4 Å². The first-order valence-corrected chi connectivity index (χ1v) is 18.3. The van der Waals surface area contributed by atoms with Crippen molar-refractivity contribution in [3.8, 4) is 11.1 Å². The Kier molecular flexibility index (Phi) is 10.6. The molecule has 0 bridgehead atoms. The summed E-state index contributed by atoms with van der Waals surface area (Å²) < 4.78 is 0. The summed E-state index contributed by atoms with van der Waals surface area (Å²) in [7, 11) is 0. The zero-order chi connectivity index (χ0) is 35.1. The molecular weight excluding hydrogens is 605 g/mol. The van der Waals surface area contributed by atoms with Gasteiger partial charge in [0.2, 0.25) is 0 Å². The lowest BCUT2D eigenvalue weighted by molar-refractivity contribution is 0.473. The molecule has 0 spiro atoms. The van der Waals surface area contributed by atoms with Crippen molar-refractivity contribution in [2.45, 2.75) is 78.1 Å². The lowest BCUT2D eigenvalue weighted by Gasteiger charge is -2.28. The van der Waals surface area contributed by atoms with Crippen molar-refractivity contribution in [2.75, 3.05) is 9.80 Å². The normalized spacial score (nSPS) is 11.7. The Morgan fingerprint density at radius 1 is 0.340 bits per heavy atom. The second kappa shape index (κ2) is 15.2. The van der Waals surface area contributed by atoms with Gasteiger partial charge in [0.1, 0.15) is 0 Å². The van der Waals surface area contributed by atoms with Crippen LogP contribution in [-0.4, -0.2) is 0 Å². The molecule has 0 aliphatic rings. The summed E-state index contributed by atoms with van der Waals surface area (Å²) in [6.07, 6.45) is 4.70. The minimum absolute atomic E-state index is 0.163. The van der Waals surface area contributed by atoms with E-state index in [0.29, 0.717) is 0 Å². The molecule has 0 radical (unpaired) electrons. The summed E-state index contributed by atoms with van der Waals surface area (Å²) in [5, 5.41) is 0. The largest absolute Gasteiger partial charge is 0.311 e. The Balaban J connectivity index is 1.28. The van der Waals surface area contributed by atoms with E-state index in [4.69, 9.17) is 0 Å². The van der Waals surface area contributed by atoms with Gasteiger partial charge in [-0.15, -0.1) is 0 Å². The monoisotopic (exact) mass is 656 g/mol. The van der Waals surface area contributed by atoms with Gasteiger partial charge in [-0.05, 0) is 119 Å². The molecule has 0 aliphatic heterocycles. The fraction of sp³-hybridized carbons (Fsp3) is 0.250. The molecule has 0 fully saturated rings. The van der Waals surface area contributed by atoms with Gasteiger partial charge in [-0.2, -0.15) is 0 Å². The Morgan fingerprint density at radius 2 is 0.600 bits per heavy atom. The van der Waals surface area contributed by atoms with Crippen LogP contribution in [0.4, 0.5) is 34.1 Å². The highest BCUT2D eigenvalue weighted by Crippen LogP contribution is 2.40. The quantitative estimate of drug-likeness (QED) is 0.122. The SMILES string of the molecule is CCCC(C)(C)c1ccc(N(c2ccccc2)c2ccc(-c3ccc(N(c4ccccc4)c4ccc(C(C)(C)CCC)cc4)cc3)cc2)cc1. The maximum absolute atomic E-state index is 2.34. The van der Waals surface area contributed by atoms with E-state index in [2.05, 4.69) is 209 Å². The van der Waals surface area contributed by atoms with Crippen molar-refractivity contribution in [3.05, 3.63) is 169 Å². The molecule has 0 unspecified atom stereocenters. The standard InChI is InChI=1S/C48H52N2/c1-7-35-47(3,4)39-23-31-45(32-24-39)49(41-15-11-9-12-16-41)43-27-19-37(20-28-43)38-21-29-44(30-22-38)50(42-17-13-10-14-18-42)46-33-25-40(26-34-46)48(5,6)36-8-2/h9-34H,7-8,35-36H2,1-6H3. The highest BCUT2D eigenvalue weighted by molar-refractivity contribution is 5.80. The van der Waals surface area contributed by atoms with Gasteiger partial charge in [-0.25, -0.2) is 0 Å². The van der Waals surface area contributed by atoms with Crippen molar-refractivity contribution >= 4 is 34.1 Å². The number of rotatable bonds is 13. The molecule has 2 heteroatoms. The molecule has 6 aromatic rings. The number of nitrogens with zero attached hydrogens (tertiary/aromatic N) is 2. The number of anilines is 6. The first-order chi connectivity index (χ1) is 24.2. The van der Waals surface area contributed by atoms with E-state index in [1.165, 1.54) is 47.9 Å². The average Bonchev–Trinajstić information content (AvgIpc) is 3.14. The topological polar surface area (TPSA) is 6.48 Å². The third-order valence-corrected chi connectivity index (χ3v) is 10.2. The second-order valence-corrected chi connectivity index (χ2v) is 14.8. The van der Waals surface area contributed by atoms with Crippen molar-refractivity contribution in [1.29, 1.82) is 0 Å². The van der Waals surface area contributed by atoms with E-state index in [1.54, 1.807) is 0 Å². The lowest BCUT2D eigenvalue weighted by atomic mass is 9.81. The van der Waals surface area contributed by atoms with Gasteiger partial charge in [-0.1, -0.05) is 139 Å². The predicted molar refractivity (Wildman–Crippen MR) is 217 cm³/mol. The maximum atomic E-state index is 2.34. The van der Waals surface area contributed by atoms with Crippen molar-refractivity contribution in [3.63, 3.8) is 0 Å². The summed E-state index contributed by atoms with van der Waals surface area (Å²) in [5.74, 6) is 0. The van der Waals surface area contributed by atoms with Crippen LogP contribution in [0.3, 0.4) is 0 Å². The molecule has 0 amide bonds. The van der Waals surface area contributed by atoms with Gasteiger partial charge < -0.3 is 9.80 Å². The third-order valence-electron chi connectivity index (χ3n) is 10.2. The minimum atomic E-state index is 0.163. The van der Waals surface area contributed by atoms with E-state index < -0.39 is 0 Å². The van der Waals surface area contributed by atoms with E-state index in [0.717, 1.165) is 34.1 Å². The molecule has 0 aliphatic carbocycles. The zero-order valence-electron chi connectivity index (χ0n) is 30.7. The van der Waals surface area contributed by atoms with Crippen LogP contribution in [0.25, 0.3) is 11.1 Å². The zero-order valence-corrected chi connectivity index (χ0v) is 30.7. The Labute approximate surface area is 301 Å². The second-order valence-electron chi connectivity index (χ2n) is 14.8. The van der Waals surface area contributed by atoms with Crippen LogP contribution in [0.5, 0.6) is 0 Å². The predicted octanol–water partition coefficient (Wildman–Crippen LogP) is 14.4. The molecule has 0 heterocycles. The average molecular weight is 657 g/mol. The van der Waals surface area contributed by atoms with Crippen LogP contribution in [0.15, 0.2) is 158 Å². The highest BCUT2D eigenvalue weighted by atomic mass is 15.1. The first-order valence-electron chi connectivity index (χ1n) is 18.3. The smallest absolute Gasteiger partial charge is 0.0462 e. The van der Waals surface area contributed by atoms with E-state index in [1.807, 2.05) is 0 Å². The molecule has 0 aromatic heterocycles. The summed E-state index contributed by atoms with van der Waals surface area (Å²) in [4.78, 5) is 4.69. The Hall–Kier alpha value is -5.08. The van der Waals surface area contributed by atoms with Crippen LogP contribution in [0.2, 0.25) is 0 Å². The van der Waals surface area contributed by atoms with Gasteiger partial charge >= 0.3 is 0 Å². The van der Waals surface area contributed by atoms with Crippen LogP contribution >= 0.6 is 0 Å². The third kappa shape index (κ3) is 7.71. The number of para-hydroxylation sites is 2. The molecule has 254 valence electrons. The summed E-state index contributed by atoms with van der Waals surface area (Å²) >= 11 is 0. The molecule has 0 saturated carbocycles. The molecule has 50 heavy (non-hydrogen) atoms. The first kappa shape index (κ1) is 34.8. The van der Waals surface area contributed by atoms with E-state index in [-0.39, 0.29) is 10.8 Å². The van der Waals surface area contributed by atoms with Crippen LogP contribution in [-0.2, 0) is 10.8 Å². The van der Waals surface area contributed by atoms with Gasteiger partial charge in [0.15, 0.2) is 0 Å². The molecular formula is C48H52N2. The summed E-state index contributed by atoms with van der Waals surface area (Å²) in [5.41, 5.74) is 12.4. The van der Waals surface area contributed by atoms with Gasteiger partial charge in [-0.3, -0.25) is 0 Å². The van der Waals surface area contributed by atoms with E-state index >= 15 is 0 Å². The summed E-state index contributed by atoms with van der Waals surface area (Å²) in [6.45, 7) is 13.9. The Morgan fingerprint density at radius 3 is 0.880 bits per heavy atom. The Bertz CT molecular complexity index is 1770. The van der Waals surface area contributed by atoms with Crippen molar-refractivity contribution < 1.29 is 0 Å². The minimum Gasteiger partial charge on any atom is -0.311 e. The van der Waals surface area contributed by atoms with Crippen LogP contribution < -0.4 is 9.80 Å². The molecule has 6 aromatic carbocycles. The molecule has 0 atom stereocenters. The van der Waals surface area contributed by atoms with Crippen molar-refractivity contribution in [2.24, 2.45) is 0 Å². The lowest BCUT2D eigenvalue weighted by Crippen LogP contribution is -2.17. The summed E-state index contributed by atoms with van der Waals surface area (Å²) in [6, 6.07) is 57.5. The fourth-order valence-corrected chi connectivity index (χ4v) is 7.32. The fourth-order valence-electron chi connectivity index (χ4n) is 7.32. The molecule has 0 saturated heterocycles. The van der Waals surface area contributed by atoms with Gasteiger partial charge in [0.25, 0.3) is 0 Å². The highest BCUT2D eigenvalue weighted by Gasteiger charge is 2.22. The van der Waals surface area contributed by atoms with Gasteiger partial charge in [0.05, 0.1) is 0 Å². The van der Waals surface area contributed by atoms with Crippen LogP contribution in [0, 0.1) is 0 Å².